The SMILES string of the molecule is C=CC(=O)Oc1cccc2c(OC(C)OC(=O)C=C)cccc12. The van der Waals surface area contributed by atoms with Gasteiger partial charge in [-0.15, -0.1) is 0 Å². The molecule has 2 rings (SSSR count). The predicted octanol–water partition coefficient (Wildman–Crippen LogP) is 3.39. The molecule has 0 fully saturated rings. The van der Waals surface area contributed by atoms with Gasteiger partial charge < -0.3 is 14.2 Å². The number of ether oxygens (including phenoxy) is 3. The average Bonchev–Trinajstić information content (AvgIpc) is 2.55. The molecule has 0 radical (unpaired) electrons. The largest absolute Gasteiger partial charge is 0.454 e. The van der Waals surface area contributed by atoms with Crippen LogP contribution < -0.4 is 9.47 Å². The number of carbonyl (C=O) groups is 2. The summed E-state index contributed by atoms with van der Waals surface area (Å²) in [4.78, 5) is 22.6. The summed E-state index contributed by atoms with van der Waals surface area (Å²) in [6, 6.07) is 10.5. The lowest BCUT2D eigenvalue weighted by molar-refractivity contribution is -0.154. The van der Waals surface area contributed by atoms with Gasteiger partial charge in [-0.2, -0.15) is 0 Å². The number of hydrogen-bond donors (Lipinski definition) is 0. The number of esters is 2. The first kappa shape index (κ1) is 16.3. The molecule has 1 atom stereocenters. The summed E-state index contributed by atoms with van der Waals surface area (Å²) in [6.45, 7) is 8.30. The zero-order chi connectivity index (χ0) is 16.8. The first-order valence-corrected chi connectivity index (χ1v) is 6.91. The molecule has 0 aliphatic rings. The van der Waals surface area contributed by atoms with Crippen molar-refractivity contribution in [3.05, 3.63) is 61.7 Å². The van der Waals surface area contributed by atoms with Crippen LogP contribution in [0.4, 0.5) is 0 Å². The molecule has 0 bridgehead atoms. The molecule has 0 amide bonds. The van der Waals surface area contributed by atoms with E-state index in [2.05, 4.69) is 13.2 Å². The lowest BCUT2D eigenvalue weighted by Gasteiger charge is -2.16. The van der Waals surface area contributed by atoms with Crippen molar-refractivity contribution < 1.29 is 23.8 Å². The van der Waals surface area contributed by atoms with Crippen LogP contribution in [0, 0.1) is 0 Å². The molecule has 0 saturated heterocycles. The Hall–Kier alpha value is -3.08. The van der Waals surface area contributed by atoms with Crippen LogP contribution in [-0.2, 0) is 14.3 Å². The monoisotopic (exact) mass is 312 g/mol. The van der Waals surface area contributed by atoms with E-state index in [1.54, 1.807) is 37.3 Å². The van der Waals surface area contributed by atoms with E-state index in [0.29, 0.717) is 16.9 Å². The zero-order valence-corrected chi connectivity index (χ0v) is 12.7. The number of hydrogen-bond acceptors (Lipinski definition) is 5. The molecule has 1 unspecified atom stereocenters. The van der Waals surface area contributed by atoms with Crippen LogP contribution in [0.3, 0.4) is 0 Å². The van der Waals surface area contributed by atoms with Gasteiger partial charge in [-0.25, -0.2) is 9.59 Å². The van der Waals surface area contributed by atoms with Crippen LogP contribution in [0.15, 0.2) is 61.7 Å². The smallest absolute Gasteiger partial charge is 0.335 e. The fourth-order valence-corrected chi connectivity index (χ4v) is 2.01. The lowest BCUT2D eigenvalue weighted by Crippen LogP contribution is -2.19. The van der Waals surface area contributed by atoms with Crippen LogP contribution in [0.5, 0.6) is 11.5 Å². The molecule has 5 heteroatoms. The Morgan fingerprint density at radius 2 is 1.52 bits per heavy atom. The minimum atomic E-state index is -0.787. The third-order valence-corrected chi connectivity index (χ3v) is 2.96. The summed E-state index contributed by atoms with van der Waals surface area (Å²) in [5.41, 5.74) is 0. The van der Waals surface area contributed by atoms with Crippen LogP contribution in [-0.4, -0.2) is 18.2 Å². The molecule has 0 aliphatic carbocycles. The topological polar surface area (TPSA) is 61.8 Å². The van der Waals surface area contributed by atoms with E-state index >= 15 is 0 Å². The van der Waals surface area contributed by atoms with Crippen molar-refractivity contribution in [3.63, 3.8) is 0 Å². The molecule has 0 aliphatic heterocycles. The maximum atomic E-state index is 11.4. The van der Waals surface area contributed by atoms with Crippen molar-refractivity contribution in [3.8, 4) is 11.5 Å². The van der Waals surface area contributed by atoms with Gasteiger partial charge in [0.2, 0.25) is 6.29 Å². The van der Waals surface area contributed by atoms with Gasteiger partial charge in [0, 0.05) is 29.8 Å². The average molecular weight is 312 g/mol. The minimum absolute atomic E-state index is 0.397. The molecule has 2 aromatic carbocycles. The number of benzene rings is 2. The Bertz CT molecular complexity index is 763. The molecule has 0 heterocycles. The van der Waals surface area contributed by atoms with Crippen LogP contribution in [0.25, 0.3) is 10.8 Å². The molecule has 118 valence electrons. The molecule has 0 N–H and O–H groups in total. The van der Waals surface area contributed by atoms with Gasteiger partial charge in [0.1, 0.15) is 11.5 Å². The van der Waals surface area contributed by atoms with E-state index in [0.717, 1.165) is 17.5 Å². The maximum absolute atomic E-state index is 11.4. The predicted molar refractivity (Wildman–Crippen MR) is 86.2 cm³/mol. The second-order valence-corrected chi connectivity index (χ2v) is 4.56. The molecule has 2 aromatic rings. The van der Waals surface area contributed by atoms with Crippen molar-refractivity contribution in [2.75, 3.05) is 0 Å². The van der Waals surface area contributed by atoms with Gasteiger partial charge in [0.05, 0.1) is 0 Å². The first-order chi connectivity index (χ1) is 11.0. The summed E-state index contributed by atoms with van der Waals surface area (Å²) in [6.07, 6.45) is 1.37. The van der Waals surface area contributed by atoms with E-state index in [1.165, 1.54) is 0 Å². The maximum Gasteiger partial charge on any atom is 0.335 e. The standard InChI is InChI=1S/C18H16O5/c1-4-17(19)22-12(3)21-15-10-6-9-14-13(15)8-7-11-16(14)23-18(20)5-2/h4-12H,1-2H2,3H3. The van der Waals surface area contributed by atoms with Gasteiger partial charge in [0.15, 0.2) is 0 Å². The Labute approximate surface area is 133 Å². The third kappa shape index (κ3) is 3.97. The lowest BCUT2D eigenvalue weighted by atomic mass is 10.1. The van der Waals surface area contributed by atoms with E-state index in [-0.39, 0.29) is 0 Å². The summed E-state index contributed by atoms with van der Waals surface area (Å²) < 4.78 is 15.8. The van der Waals surface area contributed by atoms with Crippen molar-refractivity contribution in [2.24, 2.45) is 0 Å². The quantitative estimate of drug-likeness (QED) is 0.354. The molecule has 0 saturated carbocycles. The van der Waals surface area contributed by atoms with Gasteiger partial charge >= 0.3 is 11.9 Å². The van der Waals surface area contributed by atoms with Gasteiger partial charge in [0.25, 0.3) is 0 Å². The Morgan fingerprint density at radius 3 is 2.13 bits per heavy atom. The molecule has 0 aromatic heterocycles. The summed E-state index contributed by atoms with van der Waals surface area (Å²) in [7, 11) is 0. The van der Waals surface area contributed by atoms with Gasteiger partial charge in [-0.1, -0.05) is 37.4 Å². The summed E-state index contributed by atoms with van der Waals surface area (Å²) in [5, 5.41) is 1.42. The Kier molecular flexibility index (Phi) is 5.15. The van der Waals surface area contributed by atoms with Crippen molar-refractivity contribution in [1.29, 1.82) is 0 Å². The molecule has 0 spiro atoms. The highest BCUT2D eigenvalue weighted by Gasteiger charge is 2.12. The van der Waals surface area contributed by atoms with E-state index in [1.807, 2.05) is 6.07 Å². The Morgan fingerprint density at radius 1 is 0.957 bits per heavy atom. The Balaban J connectivity index is 2.33. The van der Waals surface area contributed by atoms with Gasteiger partial charge in [-0.05, 0) is 12.1 Å². The van der Waals surface area contributed by atoms with Gasteiger partial charge in [-0.3, -0.25) is 0 Å². The number of rotatable bonds is 6. The van der Waals surface area contributed by atoms with E-state index < -0.39 is 18.2 Å². The highest BCUT2D eigenvalue weighted by Crippen LogP contribution is 2.32. The summed E-state index contributed by atoms with van der Waals surface area (Å²) in [5.74, 6) is -0.215. The molecular formula is C18H16O5. The second-order valence-electron chi connectivity index (χ2n) is 4.56. The first-order valence-electron chi connectivity index (χ1n) is 6.91. The zero-order valence-electron chi connectivity index (χ0n) is 12.7. The van der Waals surface area contributed by atoms with Crippen molar-refractivity contribution >= 4 is 22.7 Å². The highest BCUT2D eigenvalue weighted by molar-refractivity contribution is 5.95. The number of carbonyl (C=O) groups excluding carboxylic acids is 2. The molecule has 5 nitrogen and oxygen atoms in total. The fourth-order valence-electron chi connectivity index (χ4n) is 2.01. The highest BCUT2D eigenvalue weighted by atomic mass is 16.7. The summed E-state index contributed by atoms with van der Waals surface area (Å²) >= 11 is 0. The second kappa shape index (κ2) is 7.26. The van der Waals surface area contributed by atoms with E-state index in [4.69, 9.17) is 14.2 Å². The fraction of sp³-hybridized carbons (Fsp3) is 0.111. The van der Waals surface area contributed by atoms with Crippen LogP contribution in [0.2, 0.25) is 0 Å². The van der Waals surface area contributed by atoms with Crippen molar-refractivity contribution in [1.82, 2.24) is 0 Å². The molecule has 23 heavy (non-hydrogen) atoms. The molecular weight excluding hydrogens is 296 g/mol. The van der Waals surface area contributed by atoms with E-state index in [9.17, 15) is 9.59 Å². The van der Waals surface area contributed by atoms with Crippen molar-refractivity contribution in [2.45, 2.75) is 13.2 Å². The van der Waals surface area contributed by atoms with Crippen LogP contribution >= 0.6 is 0 Å². The number of fused-ring (bicyclic) bond motifs is 1. The minimum Gasteiger partial charge on any atom is -0.454 e. The van der Waals surface area contributed by atoms with Crippen LogP contribution in [0.1, 0.15) is 6.92 Å². The normalized spacial score (nSPS) is 11.3. The third-order valence-electron chi connectivity index (χ3n) is 2.96.